The normalized spacial score (nSPS) is 14.2. The average molecular weight is 379 g/mol. The van der Waals surface area contributed by atoms with Gasteiger partial charge in [-0.1, -0.05) is 18.2 Å². The van der Waals surface area contributed by atoms with Gasteiger partial charge in [0.15, 0.2) is 11.3 Å². The van der Waals surface area contributed by atoms with Gasteiger partial charge in [-0.25, -0.2) is 4.79 Å². The number of esters is 1. The molecule has 0 bridgehead atoms. The SMILES string of the molecule is CCOC(=O)c1cccc(-c2ccc3c(=O)cc(N4CCOCC4)oc3c2)c1. The summed E-state index contributed by atoms with van der Waals surface area (Å²) < 4.78 is 16.5. The first-order chi connectivity index (χ1) is 13.7. The third kappa shape index (κ3) is 3.64. The highest BCUT2D eigenvalue weighted by Crippen LogP contribution is 2.27. The molecule has 0 saturated carbocycles. The molecule has 1 aliphatic heterocycles. The summed E-state index contributed by atoms with van der Waals surface area (Å²) in [4.78, 5) is 26.5. The van der Waals surface area contributed by atoms with Gasteiger partial charge in [-0.15, -0.1) is 0 Å². The molecule has 28 heavy (non-hydrogen) atoms. The van der Waals surface area contributed by atoms with Gasteiger partial charge in [0.05, 0.1) is 30.8 Å². The van der Waals surface area contributed by atoms with E-state index in [2.05, 4.69) is 0 Å². The van der Waals surface area contributed by atoms with Crippen LogP contribution in [0.1, 0.15) is 17.3 Å². The van der Waals surface area contributed by atoms with Crippen molar-refractivity contribution in [2.24, 2.45) is 0 Å². The zero-order chi connectivity index (χ0) is 19.5. The first kappa shape index (κ1) is 18.3. The fourth-order valence-corrected chi connectivity index (χ4v) is 3.30. The molecule has 0 atom stereocenters. The third-order valence-electron chi connectivity index (χ3n) is 4.75. The Labute approximate surface area is 162 Å². The third-order valence-corrected chi connectivity index (χ3v) is 4.75. The van der Waals surface area contributed by atoms with Gasteiger partial charge in [-0.3, -0.25) is 4.79 Å². The van der Waals surface area contributed by atoms with E-state index >= 15 is 0 Å². The Bertz CT molecular complexity index is 1070. The van der Waals surface area contributed by atoms with E-state index in [0.29, 0.717) is 55.3 Å². The highest BCUT2D eigenvalue weighted by Gasteiger charge is 2.16. The van der Waals surface area contributed by atoms with Crippen LogP contribution in [0, 0.1) is 0 Å². The predicted octanol–water partition coefficient (Wildman–Crippen LogP) is 3.47. The topological polar surface area (TPSA) is 69.0 Å². The van der Waals surface area contributed by atoms with Crippen LogP contribution < -0.4 is 10.3 Å². The lowest BCUT2D eigenvalue weighted by Crippen LogP contribution is -2.36. The van der Waals surface area contributed by atoms with E-state index in [1.807, 2.05) is 29.2 Å². The molecule has 2 aromatic carbocycles. The monoisotopic (exact) mass is 379 g/mol. The Kier molecular flexibility index (Phi) is 5.12. The van der Waals surface area contributed by atoms with E-state index in [-0.39, 0.29) is 11.4 Å². The van der Waals surface area contributed by atoms with Crippen molar-refractivity contribution < 1.29 is 18.7 Å². The van der Waals surface area contributed by atoms with E-state index in [1.165, 1.54) is 6.07 Å². The van der Waals surface area contributed by atoms with Crippen LogP contribution in [0.2, 0.25) is 0 Å². The van der Waals surface area contributed by atoms with Crippen LogP contribution >= 0.6 is 0 Å². The van der Waals surface area contributed by atoms with Crippen LogP contribution in [0.4, 0.5) is 5.88 Å². The number of hydrogen-bond donors (Lipinski definition) is 0. The number of fused-ring (bicyclic) bond motifs is 1. The molecule has 4 rings (SSSR count). The van der Waals surface area contributed by atoms with E-state index < -0.39 is 0 Å². The maximum Gasteiger partial charge on any atom is 0.338 e. The zero-order valence-electron chi connectivity index (χ0n) is 15.6. The number of carbonyl (C=O) groups is 1. The molecular weight excluding hydrogens is 358 g/mol. The number of morpholine rings is 1. The van der Waals surface area contributed by atoms with Gasteiger partial charge >= 0.3 is 5.97 Å². The molecule has 1 fully saturated rings. The molecule has 0 amide bonds. The minimum atomic E-state index is -0.355. The Morgan fingerprint density at radius 3 is 2.64 bits per heavy atom. The molecule has 6 heteroatoms. The number of benzene rings is 2. The molecule has 1 aromatic heterocycles. The van der Waals surface area contributed by atoms with Crippen molar-refractivity contribution >= 4 is 22.8 Å². The quantitative estimate of drug-likeness (QED) is 0.647. The van der Waals surface area contributed by atoms with Crippen molar-refractivity contribution in [2.75, 3.05) is 37.8 Å². The molecule has 1 aliphatic rings. The molecule has 0 unspecified atom stereocenters. The minimum absolute atomic E-state index is 0.0745. The number of ether oxygens (including phenoxy) is 2. The molecular formula is C22H21NO5. The maximum absolute atomic E-state index is 12.5. The largest absolute Gasteiger partial charge is 0.462 e. The first-order valence-corrected chi connectivity index (χ1v) is 9.34. The van der Waals surface area contributed by atoms with Gasteiger partial charge in [0.1, 0.15) is 5.58 Å². The summed E-state index contributed by atoms with van der Waals surface area (Å²) in [5.74, 6) is 0.199. The predicted molar refractivity (Wildman–Crippen MR) is 107 cm³/mol. The van der Waals surface area contributed by atoms with Crippen molar-refractivity contribution in [2.45, 2.75) is 6.92 Å². The van der Waals surface area contributed by atoms with Gasteiger partial charge in [-0.05, 0) is 42.3 Å². The number of anilines is 1. The number of nitrogens with zero attached hydrogens (tertiary/aromatic N) is 1. The molecule has 6 nitrogen and oxygen atoms in total. The molecule has 3 aromatic rings. The van der Waals surface area contributed by atoms with Crippen molar-refractivity contribution in [1.82, 2.24) is 0 Å². The summed E-state index contributed by atoms with van der Waals surface area (Å²) in [7, 11) is 0. The minimum Gasteiger partial charge on any atom is -0.462 e. The Morgan fingerprint density at radius 2 is 1.86 bits per heavy atom. The van der Waals surface area contributed by atoms with Crippen molar-refractivity contribution in [1.29, 1.82) is 0 Å². The molecule has 0 radical (unpaired) electrons. The maximum atomic E-state index is 12.5. The molecule has 2 heterocycles. The highest BCUT2D eigenvalue weighted by atomic mass is 16.5. The lowest BCUT2D eigenvalue weighted by atomic mass is 10.0. The van der Waals surface area contributed by atoms with Crippen LogP contribution in [0.15, 0.2) is 57.7 Å². The number of carbonyl (C=O) groups excluding carboxylic acids is 1. The fourth-order valence-electron chi connectivity index (χ4n) is 3.30. The lowest BCUT2D eigenvalue weighted by Gasteiger charge is -2.27. The summed E-state index contributed by atoms with van der Waals surface area (Å²) in [6.45, 7) is 4.71. The number of hydrogen-bond acceptors (Lipinski definition) is 6. The molecule has 1 saturated heterocycles. The van der Waals surface area contributed by atoms with Crippen molar-refractivity contribution in [3.05, 3.63) is 64.3 Å². The molecule has 144 valence electrons. The van der Waals surface area contributed by atoms with Crippen LogP contribution in [0.3, 0.4) is 0 Å². The molecule has 0 N–H and O–H groups in total. The highest BCUT2D eigenvalue weighted by molar-refractivity contribution is 5.91. The second-order valence-corrected chi connectivity index (χ2v) is 6.56. The van der Waals surface area contributed by atoms with Crippen LogP contribution in [-0.4, -0.2) is 38.9 Å². The van der Waals surface area contributed by atoms with Gasteiger partial charge in [0.25, 0.3) is 0 Å². The number of rotatable bonds is 4. The Morgan fingerprint density at radius 1 is 1.07 bits per heavy atom. The lowest BCUT2D eigenvalue weighted by molar-refractivity contribution is 0.0526. The smallest absolute Gasteiger partial charge is 0.338 e. The Hall–Kier alpha value is -3.12. The van der Waals surface area contributed by atoms with Crippen molar-refractivity contribution in [3.8, 4) is 11.1 Å². The summed E-state index contributed by atoms with van der Waals surface area (Å²) >= 11 is 0. The van der Waals surface area contributed by atoms with E-state index in [0.717, 1.165) is 11.1 Å². The standard InChI is InChI=1S/C22H21NO5/c1-2-27-22(25)17-5-3-4-15(12-17)16-6-7-18-19(24)14-21(28-20(18)13-16)23-8-10-26-11-9-23/h3-7,12-14H,2,8-11H2,1H3. The van der Waals surface area contributed by atoms with Gasteiger partial charge < -0.3 is 18.8 Å². The summed E-state index contributed by atoms with van der Waals surface area (Å²) in [6.07, 6.45) is 0. The summed E-state index contributed by atoms with van der Waals surface area (Å²) in [5.41, 5.74) is 2.65. The fraction of sp³-hybridized carbons (Fsp3) is 0.273. The van der Waals surface area contributed by atoms with Gasteiger partial charge in [0.2, 0.25) is 0 Å². The van der Waals surface area contributed by atoms with Crippen LogP contribution in [0.25, 0.3) is 22.1 Å². The second kappa shape index (κ2) is 7.86. The Balaban J connectivity index is 1.73. The first-order valence-electron chi connectivity index (χ1n) is 9.34. The summed E-state index contributed by atoms with van der Waals surface area (Å²) in [6, 6.07) is 14.2. The zero-order valence-corrected chi connectivity index (χ0v) is 15.6. The van der Waals surface area contributed by atoms with E-state index in [4.69, 9.17) is 13.9 Å². The van der Waals surface area contributed by atoms with E-state index in [9.17, 15) is 9.59 Å². The molecule has 0 aliphatic carbocycles. The van der Waals surface area contributed by atoms with Crippen LogP contribution in [0.5, 0.6) is 0 Å². The van der Waals surface area contributed by atoms with Gasteiger partial charge in [0, 0.05) is 19.2 Å². The van der Waals surface area contributed by atoms with E-state index in [1.54, 1.807) is 25.1 Å². The van der Waals surface area contributed by atoms with Crippen molar-refractivity contribution in [3.63, 3.8) is 0 Å². The van der Waals surface area contributed by atoms with Crippen LogP contribution in [-0.2, 0) is 9.47 Å². The van der Waals surface area contributed by atoms with Gasteiger partial charge in [-0.2, -0.15) is 0 Å². The molecule has 0 spiro atoms. The second-order valence-electron chi connectivity index (χ2n) is 6.56. The average Bonchev–Trinajstić information content (AvgIpc) is 2.74. The summed E-state index contributed by atoms with van der Waals surface area (Å²) in [5, 5.41) is 0.530.